The Bertz CT molecular complexity index is 782. The van der Waals surface area contributed by atoms with Crippen LogP contribution in [0, 0.1) is 13.8 Å². The summed E-state index contributed by atoms with van der Waals surface area (Å²) in [5.74, 6) is 0.829. The number of thiazole rings is 1. The Morgan fingerprint density at radius 3 is 2.54 bits per heavy atom. The lowest BCUT2D eigenvalue weighted by molar-refractivity contribution is -0.122. The minimum absolute atomic E-state index is 0.0300. The van der Waals surface area contributed by atoms with Gasteiger partial charge in [-0.1, -0.05) is 37.3 Å². The van der Waals surface area contributed by atoms with Crippen LogP contribution in [0.4, 0.5) is 0 Å². The third-order valence-corrected chi connectivity index (χ3v) is 4.79. The lowest BCUT2D eigenvalue weighted by atomic mass is 9.96. The zero-order valence-corrected chi connectivity index (χ0v) is 15.8. The van der Waals surface area contributed by atoms with E-state index in [1.807, 2.05) is 34.6 Å². The highest BCUT2D eigenvalue weighted by Crippen LogP contribution is 2.20. The van der Waals surface area contributed by atoms with Crippen LogP contribution in [0.5, 0.6) is 0 Å². The summed E-state index contributed by atoms with van der Waals surface area (Å²) in [6.45, 7) is 11.9. The van der Waals surface area contributed by atoms with Gasteiger partial charge in [0.05, 0.1) is 0 Å². The van der Waals surface area contributed by atoms with Gasteiger partial charge in [0.15, 0.2) is 5.82 Å². The van der Waals surface area contributed by atoms with E-state index < -0.39 is 0 Å². The van der Waals surface area contributed by atoms with E-state index in [1.54, 1.807) is 11.5 Å². The van der Waals surface area contributed by atoms with E-state index in [0.29, 0.717) is 18.3 Å². The Morgan fingerprint density at radius 1 is 1.38 bits per heavy atom. The maximum absolute atomic E-state index is 12.1. The Labute approximate surface area is 145 Å². The van der Waals surface area contributed by atoms with Crippen molar-refractivity contribution < 1.29 is 9.32 Å². The first kappa shape index (κ1) is 18.4. The van der Waals surface area contributed by atoms with Crippen molar-refractivity contribution in [1.29, 1.82) is 0 Å². The molecule has 0 aromatic carbocycles. The summed E-state index contributed by atoms with van der Waals surface area (Å²) in [6.07, 6.45) is 0.224. The standard InChI is InChI=1S/C16H24N4O3S/c1-9(13-18-14(19-23-13)16(4,5)6)17-12(21)7-8-20-10(2)11(3)24-15(20)22/h9H,7-8H2,1-6H3,(H,17,21). The molecule has 1 atom stereocenters. The third-order valence-electron chi connectivity index (χ3n) is 3.80. The van der Waals surface area contributed by atoms with E-state index in [4.69, 9.17) is 4.52 Å². The summed E-state index contributed by atoms with van der Waals surface area (Å²) in [4.78, 5) is 29.2. The summed E-state index contributed by atoms with van der Waals surface area (Å²) in [5.41, 5.74) is 0.707. The molecular formula is C16H24N4O3S. The molecule has 8 heteroatoms. The van der Waals surface area contributed by atoms with Crippen molar-refractivity contribution in [2.75, 3.05) is 0 Å². The topological polar surface area (TPSA) is 90.0 Å². The molecule has 0 radical (unpaired) electrons. The second-order valence-electron chi connectivity index (χ2n) is 6.91. The van der Waals surface area contributed by atoms with Gasteiger partial charge in [0.1, 0.15) is 6.04 Å². The lowest BCUT2D eigenvalue weighted by Crippen LogP contribution is -2.29. The van der Waals surface area contributed by atoms with Gasteiger partial charge >= 0.3 is 4.87 Å². The number of aromatic nitrogens is 3. The van der Waals surface area contributed by atoms with E-state index in [-0.39, 0.29) is 28.7 Å². The van der Waals surface area contributed by atoms with Crippen LogP contribution in [0.1, 0.15) is 62.4 Å². The van der Waals surface area contributed by atoms with Crippen molar-refractivity contribution in [3.05, 3.63) is 32.0 Å². The maximum Gasteiger partial charge on any atom is 0.307 e. The van der Waals surface area contributed by atoms with Crippen LogP contribution < -0.4 is 10.2 Å². The molecule has 1 N–H and O–H groups in total. The van der Waals surface area contributed by atoms with Gasteiger partial charge in [-0.05, 0) is 20.8 Å². The molecule has 0 bridgehead atoms. The molecule has 24 heavy (non-hydrogen) atoms. The van der Waals surface area contributed by atoms with E-state index in [1.165, 1.54) is 11.3 Å². The molecule has 0 aliphatic carbocycles. The smallest absolute Gasteiger partial charge is 0.307 e. The molecule has 0 fully saturated rings. The van der Waals surface area contributed by atoms with Crippen molar-refractivity contribution in [3.8, 4) is 0 Å². The predicted molar refractivity (Wildman–Crippen MR) is 92.2 cm³/mol. The van der Waals surface area contributed by atoms with E-state index in [9.17, 15) is 9.59 Å². The molecule has 2 aromatic heterocycles. The highest BCUT2D eigenvalue weighted by Gasteiger charge is 2.23. The van der Waals surface area contributed by atoms with Crippen molar-refractivity contribution in [3.63, 3.8) is 0 Å². The first-order valence-electron chi connectivity index (χ1n) is 7.90. The first-order chi connectivity index (χ1) is 11.1. The summed E-state index contributed by atoms with van der Waals surface area (Å²) >= 11 is 1.21. The summed E-state index contributed by atoms with van der Waals surface area (Å²) in [6, 6.07) is -0.372. The SMILES string of the molecule is Cc1sc(=O)n(CCC(=O)NC(C)c2nc(C(C)(C)C)no2)c1C. The number of carbonyl (C=O) groups is 1. The third kappa shape index (κ3) is 4.11. The molecule has 2 rings (SSSR count). The molecule has 0 saturated carbocycles. The van der Waals surface area contributed by atoms with E-state index in [2.05, 4.69) is 15.5 Å². The fourth-order valence-corrected chi connectivity index (χ4v) is 3.01. The van der Waals surface area contributed by atoms with Crippen LogP contribution in [0.3, 0.4) is 0 Å². The van der Waals surface area contributed by atoms with Gasteiger partial charge in [0.2, 0.25) is 11.8 Å². The molecule has 0 aliphatic rings. The van der Waals surface area contributed by atoms with Gasteiger partial charge in [0.25, 0.3) is 0 Å². The maximum atomic E-state index is 12.1. The number of nitrogens with one attached hydrogen (secondary N) is 1. The highest BCUT2D eigenvalue weighted by atomic mass is 32.1. The van der Waals surface area contributed by atoms with E-state index in [0.717, 1.165) is 10.6 Å². The minimum Gasteiger partial charge on any atom is -0.345 e. The Balaban J connectivity index is 1.94. The van der Waals surface area contributed by atoms with Gasteiger partial charge < -0.3 is 14.4 Å². The minimum atomic E-state index is -0.372. The van der Waals surface area contributed by atoms with Crippen LogP contribution >= 0.6 is 11.3 Å². The number of rotatable bonds is 5. The zero-order valence-electron chi connectivity index (χ0n) is 15.0. The van der Waals surface area contributed by atoms with Gasteiger partial charge in [0, 0.05) is 29.0 Å². The normalized spacial score (nSPS) is 13.1. The lowest BCUT2D eigenvalue weighted by Gasteiger charge is -2.12. The molecule has 132 valence electrons. The first-order valence-corrected chi connectivity index (χ1v) is 8.71. The van der Waals surface area contributed by atoms with Gasteiger partial charge in [-0.3, -0.25) is 9.59 Å². The molecule has 1 unspecified atom stereocenters. The average molecular weight is 352 g/mol. The number of hydrogen-bond acceptors (Lipinski definition) is 6. The molecule has 2 aromatic rings. The van der Waals surface area contributed by atoms with Crippen LogP contribution in [-0.2, 0) is 16.8 Å². The Hall–Kier alpha value is -1.96. The van der Waals surface area contributed by atoms with E-state index >= 15 is 0 Å². The second kappa shape index (κ2) is 6.88. The highest BCUT2D eigenvalue weighted by molar-refractivity contribution is 7.09. The Kier molecular flexibility index (Phi) is 5.27. The summed E-state index contributed by atoms with van der Waals surface area (Å²) < 4.78 is 6.86. The monoisotopic (exact) mass is 352 g/mol. The van der Waals surface area contributed by atoms with Crippen LogP contribution in [0.15, 0.2) is 9.32 Å². The zero-order chi connectivity index (χ0) is 18.1. The van der Waals surface area contributed by atoms with Crippen molar-refractivity contribution >= 4 is 17.2 Å². The molecule has 7 nitrogen and oxygen atoms in total. The second-order valence-corrected chi connectivity index (χ2v) is 8.07. The molecule has 2 heterocycles. The van der Waals surface area contributed by atoms with Crippen molar-refractivity contribution in [1.82, 2.24) is 20.0 Å². The number of nitrogens with zero attached hydrogens (tertiary/aromatic N) is 3. The van der Waals surface area contributed by atoms with Gasteiger partial charge in [-0.15, -0.1) is 0 Å². The van der Waals surface area contributed by atoms with Crippen LogP contribution in [0.2, 0.25) is 0 Å². The fourth-order valence-electron chi connectivity index (χ4n) is 2.15. The summed E-state index contributed by atoms with van der Waals surface area (Å²) in [5, 5.41) is 6.78. The van der Waals surface area contributed by atoms with Crippen molar-refractivity contribution in [2.45, 2.75) is 66.0 Å². The van der Waals surface area contributed by atoms with Crippen LogP contribution in [-0.4, -0.2) is 20.6 Å². The average Bonchev–Trinajstić information content (AvgIpc) is 3.04. The van der Waals surface area contributed by atoms with Gasteiger partial charge in [-0.2, -0.15) is 4.98 Å². The molecule has 0 saturated heterocycles. The quantitative estimate of drug-likeness (QED) is 0.893. The fraction of sp³-hybridized carbons (Fsp3) is 0.625. The molecular weight excluding hydrogens is 328 g/mol. The Morgan fingerprint density at radius 2 is 2.04 bits per heavy atom. The number of hydrogen-bond donors (Lipinski definition) is 1. The molecule has 0 aliphatic heterocycles. The predicted octanol–water partition coefficient (Wildman–Crippen LogP) is 2.47. The van der Waals surface area contributed by atoms with Gasteiger partial charge in [-0.25, -0.2) is 0 Å². The largest absolute Gasteiger partial charge is 0.345 e. The number of aryl methyl sites for hydroxylation is 1. The van der Waals surface area contributed by atoms with Crippen LogP contribution in [0.25, 0.3) is 0 Å². The number of amides is 1. The van der Waals surface area contributed by atoms with Crippen molar-refractivity contribution in [2.24, 2.45) is 0 Å². The molecule has 1 amide bonds. The molecule has 0 spiro atoms. The number of carbonyl (C=O) groups excluding carboxylic acids is 1. The summed E-state index contributed by atoms with van der Waals surface area (Å²) in [7, 11) is 0.